The van der Waals surface area contributed by atoms with Crippen molar-refractivity contribution in [3.63, 3.8) is 0 Å². The molecule has 0 radical (unpaired) electrons. The Balaban J connectivity index is 0.000000726. The van der Waals surface area contributed by atoms with Crippen molar-refractivity contribution in [3.05, 3.63) is 22.3 Å². The molecule has 0 aliphatic carbocycles. The Morgan fingerprint density at radius 2 is 1.25 bits per heavy atom. The van der Waals surface area contributed by atoms with Crippen LogP contribution in [0.4, 0.5) is 43.9 Å². The fraction of sp³-hybridized carbons (Fsp3) is 0.769. The molecule has 190 valence electrons. The molecule has 0 atom stereocenters. The molecule has 0 N–H and O–H groups in total. The molecular formula is C13H17F10N3O4S2. The van der Waals surface area contributed by atoms with Crippen molar-refractivity contribution in [1.82, 2.24) is 4.57 Å². The Morgan fingerprint density at radius 3 is 1.50 bits per heavy atom. The Hall–Kier alpha value is -1.63. The molecule has 1 rings (SSSR count). The van der Waals surface area contributed by atoms with Gasteiger partial charge in [0.05, 0.1) is 13.6 Å². The quantitative estimate of drug-likeness (QED) is 0.395. The molecule has 0 amide bonds. The number of alkyl halides is 10. The predicted molar refractivity (Wildman–Crippen MR) is 88.5 cm³/mol. The summed E-state index contributed by atoms with van der Waals surface area (Å²) in [7, 11) is -13.2. The van der Waals surface area contributed by atoms with Crippen molar-refractivity contribution in [2.45, 2.75) is 56.1 Å². The van der Waals surface area contributed by atoms with E-state index in [4.69, 9.17) is 0 Å². The lowest BCUT2D eigenvalue weighted by molar-refractivity contribution is -0.677. The molecule has 0 bridgehead atoms. The zero-order valence-corrected chi connectivity index (χ0v) is 18.0. The average molecular weight is 533 g/mol. The molecule has 0 saturated carbocycles. The normalized spacial score (nSPS) is 14.2. The second-order valence-electron chi connectivity index (χ2n) is 6.06. The monoisotopic (exact) mass is 533 g/mol. The highest BCUT2D eigenvalue weighted by molar-refractivity contribution is 8.13. The van der Waals surface area contributed by atoms with Crippen LogP contribution in [0.1, 0.15) is 25.6 Å². The highest BCUT2D eigenvalue weighted by Crippen LogP contribution is 2.47. The van der Waals surface area contributed by atoms with Gasteiger partial charge in [-0.1, -0.05) is 13.3 Å². The number of hydrogen-bond acceptors (Lipinski definition) is 4. The maximum atomic E-state index is 12.3. The number of aromatic nitrogens is 2. The van der Waals surface area contributed by atoms with Gasteiger partial charge in [-0.05, 0) is 6.42 Å². The SMILES string of the molecule is CCCCn1cc[n+](C)c1C.O=S(=O)([N-]S(=O)(=O)C(F)(F)C(F)(F)F)C(F)(F)C(F)(F)F. The maximum Gasteiger partial charge on any atom is 0.467 e. The van der Waals surface area contributed by atoms with Crippen molar-refractivity contribution in [2.24, 2.45) is 7.05 Å². The summed E-state index contributed by atoms with van der Waals surface area (Å²) in [5, 5.41) is -14.0. The summed E-state index contributed by atoms with van der Waals surface area (Å²) in [4.78, 5) is 0. The molecule has 19 heteroatoms. The minimum Gasteiger partial charge on any atom is -0.425 e. The van der Waals surface area contributed by atoms with Crippen molar-refractivity contribution >= 4 is 20.0 Å². The smallest absolute Gasteiger partial charge is 0.425 e. The Labute approximate surface area is 176 Å². The van der Waals surface area contributed by atoms with E-state index in [0.717, 1.165) is 6.54 Å². The third kappa shape index (κ3) is 6.46. The second-order valence-corrected chi connectivity index (χ2v) is 9.58. The van der Waals surface area contributed by atoms with E-state index in [1.165, 1.54) is 18.7 Å². The van der Waals surface area contributed by atoms with Crippen molar-refractivity contribution in [2.75, 3.05) is 0 Å². The fourth-order valence-electron chi connectivity index (χ4n) is 1.68. The molecule has 0 unspecified atom stereocenters. The average Bonchev–Trinajstić information content (AvgIpc) is 2.89. The first-order chi connectivity index (χ1) is 14.0. The van der Waals surface area contributed by atoms with Gasteiger partial charge in [-0.25, -0.2) is 26.0 Å². The lowest BCUT2D eigenvalue weighted by Crippen LogP contribution is -2.48. The van der Waals surface area contributed by atoms with E-state index in [9.17, 15) is 60.7 Å². The predicted octanol–water partition coefficient (Wildman–Crippen LogP) is 3.75. The van der Waals surface area contributed by atoms with Crippen molar-refractivity contribution in [1.29, 1.82) is 0 Å². The Bertz CT molecular complexity index is 929. The van der Waals surface area contributed by atoms with Crippen molar-refractivity contribution < 1.29 is 65.3 Å². The first kappa shape index (κ1) is 30.4. The van der Waals surface area contributed by atoms with E-state index in [-0.39, 0.29) is 0 Å². The minimum absolute atomic E-state index is 0.422. The summed E-state index contributed by atoms with van der Waals surface area (Å²) in [5.41, 5.74) is 0. The van der Waals surface area contributed by atoms with Gasteiger partial charge < -0.3 is 4.13 Å². The van der Waals surface area contributed by atoms with E-state index in [2.05, 4.69) is 42.4 Å². The summed E-state index contributed by atoms with van der Waals surface area (Å²) in [5.74, 6) is 1.33. The van der Waals surface area contributed by atoms with Crippen LogP contribution in [0, 0.1) is 6.92 Å². The fourth-order valence-corrected chi connectivity index (χ4v) is 4.05. The summed E-state index contributed by atoms with van der Waals surface area (Å²) < 4.78 is 166. The van der Waals surface area contributed by atoms with Gasteiger partial charge >= 0.3 is 22.9 Å². The molecule has 0 saturated heterocycles. The molecule has 1 heterocycles. The third-order valence-corrected chi connectivity index (χ3v) is 6.98. The molecule has 0 aromatic carbocycles. The number of sulfonamides is 2. The third-order valence-electron chi connectivity index (χ3n) is 3.65. The second kappa shape index (κ2) is 9.70. The molecule has 0 aliphatic rings. The zero-order valence-electron chi connectivity index (χ0n) is 16.3. The van der Waals surface area contributed by atoms with Gasteiger partial charge in [0.1, 0.15) is 12.4 Å². The standard InChI is InChI=1S/C9H17N2.C4F10NO4S2/c1-4-5-6-11-8-7-10(3)9(11)2;5-1(6,7)3(11,12)20(16,17)15-21(18,19)4(13,14)2(8,9)10/h7-8H,4-6H2,1-3H3;/q+1;-1. The minimum atomic E-state index is -7.62. The van der Waals surface area contributed by atoms with Gasteiger partial charge in [0.15, 0.2) is 20.0 Å². The Morgan fingerprint density at radius 1 is 0.875 bits per heavy atom. The molecule has 0 spiro atoms. The van der Waals surface area contributed by atoms with Crippen LogP contribution in [0.25, 0.3) is 4.13 Å². The van der Waals surface area contributed by atoms with Gasteiger partial charge in [-0.3, -0.25) is 0 Å². The highest BCUT2D eigenvalue weighted by atomic mass is 32.3. The van der Waals surface area contributed by atoms with Crippen LogP contribution >= 0.6 is 0 Å². The van der Waals surface area contributed by atoms with E-state index in [1.54, 1.807) is 0 Å². The van der Waals surface area contributed by atoms with Crippen LogP contribution in [0.3, 0.4) is 0 Å². The number of aryl methyl sites for hydroxylation is 2. The van der Waals surface area contributed by atoms with Crippen LogP contribution in [0.5, 0.6) is 0 Å². The summed E-state index contributed by atoms with van der Waals surface area (Å²) >= 11 is 0. The molecular weight excluding hydrogens is 516 g/mol. The largest absolute Gasteiger partial charge is 0.467 e. The summed E-state index contributed by atoms with van der Waals surface area (Å²) in [6.45, 7) is 5.53. The molecule has 7 nitrogen and oxygen atoms in total. The van der Waals surface area contributed by atoms with Gasteiger partial charge in [-0.15, -0.1) is 0 Å². The van der Waals surface area contributed by atoms with E-state index in [1.807, 2.05) is 0 Å². The first-order valence-corrected chi connectivity index (χ1v) is 11.0. The number of nitrogens with zero attached hydrogens (tertiary/aromatic N) is 3. The van der Waals surface area contributed by atoms with Gasteiger partial charge in [-0.2, -0.15) is 43.9 Å². The first-order valence-electron chi connectivity index (χ1n) is 8.10. The van der Waals surface area contributed by atoms with Crippen LogP contribution in [0.15, 0.2) is 12.4 Å². The molecule has 1 aromatic heterocycles. The Kier molecular flexibility index (Phi) is 9.20. The van der Waals surface area contributed by atoms with Crippen LogP contribution in [-0.4, -0.2) is 44.3 Å². The molecule has 1 aromatic rings. The van der Waals surface area contributed by atoms with Crippen LogP contribution < -0.4 is 4.57 Å². The summed E-state index contributed by atoms with van der Waals surface area (Å²) in [6.07, 6.45) is -7.22. The zero-order chi connectivity index (χ0) is 26.0. The number of halogens is 10. The molecule has 32 heavy (non-hydrogen) atoms. The number of unbranched alkanes of at least 4 members (excludes halogenated alkanes) is 1. The van der Waals surface area contributed by atoms with E-state index >= 15 is 0 Å². The number of hydrogen-bond donors (Lipinski definition) is 0. The van der Waals surface area contributed by atoms with Gasteiger partial charge in [0, 0.05) is 6.92 Å². The topological polar surface area (TPSA) is 91.2 Å². The van der Waals surface area contributed by atoms with Crippen LogP contribution in [0.2, 0.25) is 0 Å². The van der Waals surface area contributed by atoms with Crippen LogP contribution in [-0.2, 0) is 33.6 Å². The number of imidazole rings is 1. The number of rotatable bonds is 7. The highest BCUT2D eigenvalue weighted by Gasteiger charge is 2.68. The van der Waals surface area contributed by atoms with Gasteiger partial charge in [0.2, 0.25) is 0 Å². The van der Waals surface area contributed by atoms with Gasteiger partial charge in [0.25, 0.3) is 5.82 Å². The maximum absolute atomic E-state index is 12.3. The van der Waals surface area contributed by atoms with E-state index in [0.29, 0.717) is 4.13 Å². The summed E-state index contributed by atoms with van der Waals surface area (Å²) in [6, 6.07) is 0. The lowest BCUT2D eigenvalue weighted by atomic mass is 10.3. The van der Waals surface area contributed by atoms with E-state index < -0.39 is 42.9 Å². The van der Waals surface area contributed by atoms with Crippen molar-refractivity contribution in [3.8, 4) is 0 Å². The molecule has 0 aliphatic heterocycles. The lowest BCUT2D eigenvalue weighted by Gasteiger charge is -2.31. The molecule has 0 fully saturated rings.